The fourth-order valence-electron chi connectivity index (χ4n) is 4.93. The van der Waals surface area contributed by atoms with Crippen molar-refractivity contribution in [3.63, 3.8) is 0 Å². The first-order valence-corrected chi connectivity index (χ1v) is 12.4. The summed E-state index contributed by atoms with van der Waals surface area (Å²) < 4.78 is 22.4. The normalized spacial score (nSPS) is 14.1. The Kier molecular flexibility index (Phi) is 7.93. The Labute approximate surface area is 221 Å². The number of hydrogen-bond donors (Lipinski definition) is 0. The summed E-state index contributed by atoms with van der Waals surface area (Å²) in [5, 5.41) is 0. The summed E-state index contributed by atoms with van der Waals surface area (Å²) in [6.45, 7) is 0. The minimum atomic E-state index is -0.394. The third kappa shape index (κ3) is 4.83. The van der Waals surface area contributed by atoms with Crippen LogP contribution in [0.1, 0.15) is 39.5 Å². The quantitative estimate of drug-likeness (QED) is 0.394. The summed E-state index contributed by atoms with van der Waals surface area (Å²) >= 11 is 5.92. The number of hydrogen-bond acceptors (Lipinski definition) is 6. The number of alkyl halides is 1. The van der Waals surface area contributed by atoms with Crippen molar-refractivity contribution in [2.24, 2.45) is 0 Å². The molecule has 0 saturated carbocycles. The van der Waals surface area contributed by atoms with Gasteiger partial charge in [-0.15, -0.1) is 11.6 Å². The number of carbonyl (C=O) groups excluding carboxylic acids is 1. The lowest BCUT2D eigenvalue weighted by Crippen LogP contribution is -2.31. The number of nitrogens with zero attached hydrogens (tertiary/aromatic N) is 1. The summed E-state index contributed by atoms with van der Waals surface area (Å²) in [5.74, 6) is 1.93. The van der Waals surface area contributed by atoms with E-state index >= 15 is 0 Å². The molecule has 0 saturated heterocycles. The minimum Gasteiger partial charge on any atom is -0.493 e. The molecular weight excluding hydrogens is 494 g/mol. The third-order valence-electron chi connectivity index (χ3n) is 6.83. The smallest absolute Gasteiger partial charge is 0.254 e. The lowest BCUT2D eigenvalue weighted by atomic mass is 9.95. The van der Waals surface area contributed by atoms with E-state index in [1.807, 2.05) is 24.3 Å². The van der Waals surface area contributed by atoms with Crippen LogP contribution in [0.3, 0.4) is 0 Å². The maximum Gasteiger partial charge on any atom is 0.254 e. The molecule has 0 fully saturated rings. The number of amides is 1. The molecule has 194 valence electrons. The Hall–Kier alpha value is -3.71. The number of methoxy groups -OCH3 is 4. The van der Waals surface area contributed by atoms with E-state index in [4.69, 9.17) is 30.5 Å². The van der Waals surface area contributed by atoms with E-state index < -0.39 is 6.04 Å². The second kappa shape index (κ2) is 11.1. The summed E-state index contributed by atoms with van der Waals surface area (Å²) in [6, 6.07) is 13.8. The fraction of sp³-hybridized carbons (Fsp3) is 0.310. The van der Waals surface area contributed by atoms with Crippen LogP contribution in [-0.2, 0) is 12.3 Å². The number of halogens is 1. The van der Waals surface area contributed by atoms with E-state index in [-0.39, 0.29) is 17.1 Å². The zero-order chi connectivity index (χ0) is 26.7. The Balaban J connectivity index is 1.94. The van der Waals surface area contributed by atoms with Gasteiger partial charge < -0.3 is 23.8 Å². The van der Waals surface area contributed by atoms with Gasteiger partial charge in [0.25, 0.3) is 5.91 Å². The molecule has 1 atom stereocenters. The number of aryl methyl sites for hydroxylation is 1. The lowest BCUT2D eigenvalue weighted by Gasteiger charge is -2.28. The molecule has 8 heteroatoms. The van der Waals surface area contributed by atoms with Crippen LogP contribution in [0.2, 0.25) is 0 Å². The van der Waals surface area contributed by atoms with Gasteiger partial charge in [-0.2, -0.15) is 0 Å². The maximum absolute atomic E-state index is 13.6. The van der Waals surface area contributed by atoms with Gasteiger partial charge in [-0.05, 0) is 65.4 Å². The van der Waals surface area contributed by atoms with E-state index in [9.17, 15) is 9.59 Å². The Morgan fingerprint density at radius 3 is 2.19 bits per heavy atom. The van der Waals surface area contributed by atoms with Gasteiger partial charge in [-0.25, -0.2) is 0 Å². The second-order valence-electron chi connectivity index (χ2n) is 8.76. The molecule has 0 unspecified atom stereocenters. The van der Waals surface area contributed by atoms with Crippen LogP contribution in [0, 0.1) is 0 Å². The van der Waals surface area contributed by atoms with Gasteiger partial charge in [0, 0.05) is 24.1 Å². The van der Waals surface area contributed by atoms with Crippen LogP contribution in [0.15, 0.2) is 53.3 Å². The van der Waals surface area contributed by atoms with Gasteiger partial charge in [0.2, 0.25) is 11.2 Å². The average molecular weight is 524 g/mol. The van der Waals surface area contributed by atoms with Crippen molar-refractivity contribution in [3.8, 4) is 34.1 Å². The molecular formula is C29H30ClNO6. The number of rotatable bonds is 7. The molecule has 0 bridgehead atoms. The Morgan fingerprint density at radius 1 is 0.919 bits per heavy atom. The molecule has 1 amide bonds. The molecule has 1 aliphatic rings. The first-order valence-electron chi connectivity index (χ1n) is 11.8. The highest BCUT2D eigenvalue weighted by molar-refractivity contribution is 6.17. The van der Waals surface area contributed by atoms with Gasteiger partial charge >= 0.3 is 0 Å². The van der Waals surface area contributed by atoms with Crippen LogP contribution < -0.4 is 24.4 Å². The van der Waals surface area contributed by atoms with Crippen LogP contribution >= 0.6 is 11.6 Å². The van der Waals surface area contributed by atoms with E-state index in [0.29, 0.717) is 47.1 Å². The zero-order valence-electron chi connectivity index (χ0n) is 21.6. The van der Waals surface area contributed by atoms with E-state index in [1.54, 1.807) is 57.5 Å². The molecule has 0 aromatic heterocycles. The highest BCUT2D eigenvalue weighted by Gasteiger charge is 2.32. The molecule has 0 N–H and O–H groups in total. The fourth-order valence-corrected chi connectivity index (χ4v) is 5.11. The van der Waals surface area contributed by atoms with Crippen molar-refractivity contribution in [1.82, 2.24) is 4.90 Å². The Morgan fingerprint density at radius 2 is 1.59 bits per heavy atom. The molecule has 3 aromatic carbocycles. The largest absolute Gasteiger partial charge is 0.493 e. The predicted molar refractivity (Wildman–Crippen MR) is 144 cm³/mol. The van der Waals surface area contributed by atoms with Crippen molar-refractivity contribution < 1.29 is 23.7 Å². The molecule has 0 spiro atoms. The average Bonchev–Trinajstić information content (AvgIpc) is 3.18. The SMILES string of the molecule is COc1cc2c(c(OC)c1OC)-c1ccc(OC)c(=O)cc1[C@@H](N(C)C(=O)c1ccc(CCl)cc1)CC2. The van der Waals surface area contributed by atoms with Crippen LogP contribution in [0.25, 0.3) is 11.1 Å². The van der Waals surface area contributed by atoms with Crippen molar-refractivity contribution >= 4 is 17.5 Å². The van der Waals surface area contributed by atoms with Crippen LogP contribution in [-0.4, -0.2) is 46.3 Å². The third-order valence-corrected chi connectivity index (χ3v) is 7.14. The summed E-state index contributed by atoms with van der Waals surface area (Å²) in [4.78, 5) is 28.3. The molecule has 0 radical (unpaired) electrons. The van der Waals surface area contributed by atoms with Gasteiger partial charge in [-0.1, -0.05) is 18.2 Å². The molecule has 4 rings (SSSR count). The van der Waals surface area contributed by atoms with Gasteiger partial charge in [0.15, 0.2) is 17.2 Å². The summed E-state index contributed by atoms with van der Waals surface area (Å²) in [7, 11) is 7.92. The number of fused-ring (bicyclic) bond motifs is 3. The van der Waals surface area contributed by atoms with E-state index in [0.717, 1.165) is 22.3 Å². The monoisotopic (exact) mass is 523 g/mol. The first-order chi connectivity index (χ1) is 17.9. The van der Waals surface area contributed by atoms with Crippen molar-refractivity contribution in [3.05, 3.63) is 81.0 Å². The van der Waals surface area contributed by atoms with E-state index in [1.165, 1.54) is 7.11 Å². The van der Waals surface area contributed by atoms with Gasteiger partial charge in [0.1, 0.15) is 0 Å². The number of ether oxygens (including phenoxy) is 4. The highest BCUT2D eigenvalue weighted by atomic mass is 35.5. The first kappa shape index (κ1) is 26.4. The lowest BCUT2D eigenvalue weighted by molar-refractivity contribution is 0.0723. The highest BCUT2D eigenvalue weighted by Crippen LogP contribution is 2.50. The van der Waals surface area contributed by atoms with Crippen molar-refractivity contribution in [1.29, 1.82) is 0 Å². The molecule has 0 aliphatic heterocycles. The zero-order valence-corrected chi connectivity index (χ0v) is 22.3. The van der Waals surface area contributed by atoms with Crippen LogP contribution in [0.5, 0.6) is 23.0 Å². The summed E-state index contributed by atoms with van der Waals surface area (Å²) in [6.07, 6.45) is 1.19. The Bertz CT molecular complexity index is 1370. The minimum absolute atomic E-state index is 0.156. The maximum atomic E-state index is 13.6. The molecule has 0 heterocycles. The van der Waals surface area contributed by atoms with Crippen molar-refractivity contribution in [2.75, 3.05) is 35.5 Å². The van der Waals surface area contributed by atoms with Crippen molar-refractivity contribution in [2.45, 2.75) is 24.8 Å². The van der Waals surface area contributed by atoms with Crippen LogP contribution in [0.4, 0.5) is 0 Å². The molecule has 7 nitrogen and oxygen atoms in total. The topological polar surface area (TPSA) is 74.3 Å². The molecule has 37 heavy (non-hydrogen) atoms. The van der Waals surface area contributed by atoms with E-state index in [2.05, 4.69) is 0 Å². The number of carbonyl (C=O) groups is 1. The van der Waals surface area contributed by atoms with Gasteiger partial charge in [-0.3, -0.25) is 9.59 Å². The number of benzene rings is 2. The molecule has 3 aromatic rings. The van der Waals surface area contributed by atoms with Gasteiger partial charge in [0.05, 0.1) is 34.5 Å². The standard InChI is InChI=1S/C29H30ClNO6/c1-31(29(33)18-8-6-17(16-30)7-9-18)22-12-10-19-14-25(35-3)27(36-4)28(37-5)26(19)20-11-13-24(34-2)23(32)15-21(20)22/h6-9,11,13-15,22H,10,12,16H2,1-5H3/t22-/m0/s1. The second-order valence-corrected chi connectivity index (χ2v) is 9.03. The molecule has 1 aliphatic carbocycles. The summed E-state index contributed by atoms with van der Waals surface area (Å²) in [5.41, 5.74) is 4.41. The predicted octanol–water partition coefficient (Wildman–Crippen LogP) is 5.25.